The Kier molecular flexibility index (Phi) is 8.38. The Morgan fingerprint density at radius 2 is 1.89 bits per heavy atom. The van der Waals surface area contributed by atoms with Crippen LogP contribution in [0.5, 0.6) is 0 Å². The highest BCUT2D eigenvalue weighted by atomic mass is 35.5. The van der Waals surface area contributed by atoms with Crippen molar-refractivity contribution in [2.24, 2.45) is 0 Å². The maximum absolute atomic E-state index is 12.2. The van der Waals surface area contributed by atoms with Gasteiger partial charge in [0.15, 0.2) is 0 Å². The van der Waals surface area contributed by atoms with E-state index in [2.05, 4.69) is 24.5 Å². The monoisotopic (exact) mass is 395 g/mol. The van der Waals surface area contributed by atoms with Gasteiger partial charge in [-0.1, -0.05) is 18.5 Å². The summed E-state index contributed by atoms with van der Waals surface area (Å²) in [5, 5.41) is 7.03. The summed E-state index contributed by atoms with van der Waals surface area (Å²) in [7, 11) is 0. The number of amides is 2. The first-order valence-corrected chi connectivity index (χ1v) is 10.1. The summed E-state index contributed by atoms with van der Waals surface area (Å²) in [4.78, 5) is 26.2. The van der Waals surface area contributed by atoms with Crippen LogP contribution >= 0.6 is 11.6 Å². The van der Waals surface area contributed by atoms with Crippen LogP contribution in [0.4, 0.5) is 4.79 Å². The first kappa shape index (κ1) is 21.5. The van der Waals surface area contributed by atoms with Crippen LogP contribution in [0, 0.1) is 0 Å². The fourth-order valence-electron chi connectivity index (χ4n) is 3.64. The fourth-order valence-corrected chi connectivity index (χ4v) is 3.76. The van der Waals surface area contributed by atoms with E-state index in [1.165, 1.54) is 0 Å². The van der Waals surface area contributed by atoms with Crippen LogP contribution in [-0.2, 0) is 4.74 Å². The molecular formula is C20H30ClN3O3. The van der Waals surface area contributed by atoms with E-state index in [0.717, 1.165) is 19.3 Å². The smallest absolute Gasteiger partial charge is 0.410 e. The summed E-state index contributed by atoms with van der Waals surface area (Å²) >= 11 is 5.84. The molecule has 1 aromatic rings. The molecule has 1 aromatic carbocycles. The van der Waals surface area contributed by atoms with E-state index in [-0.39, 0.29) is 24.1 Å². The minimum Gasteiger partial charge on any atom is -0.450 e. The van der Waals surface area contributed by atoms with Crippen LogP contribution in [-0.4, -0.2) is 54.7 Å². The van der Waals surface area contributed by atoms with Crippen LogP contribution < -0.4 is 10.6 Å². The van der Waals surface area contributed by atoms with Crippen molar-refractivity contribution in [1.82, 2.24) is 15.5 Å². The molecule has 1 aliphatic rings. The molecular weight excluding hydrogens is 366 g/mol. The number of piperidine rings is 1. The number of nitrogens with zero attached hydrogens (tertiary/aromatic N) is 1. The maximum Gasteiger partial charge on any atom is 0.410 e. The topological polar surface area (TPSA) is 70.7 Å². The van der Waals surface area contributed by atoms with Crippen molar-refractivity contribution in [3.8, 4) is 0 Å². The number of carbonyl (C=O) groups is 2. The molecule has 27 heavy (non-hydrogen) atoms. The van der Waals surface area contributed by atoms with Crippen LogP contribution in [0.2, 0.25) is 5.02 Å². The predicted octanol–water partition coefficient (Wildman–Crippen LogP) is 3.45. The fraction of sp³-hybridized carbons (Fsp3) is 0.600. The molecule has 2 N–H and O–H groups in total. The van der Waals surface area contributed by atoms with Crippen molar-refractivity contribution in [2.45, 2.75) is 58.2 Å². The second kappa shape index (κ2) is 10.5. The zero-order chi connectivity index (χ0) is 19.8. The van der Waals surface area contributed by atoms with Crippen LogP contribution in [0.15, 0.2) is 24.3 Å². The number of ether oxygens (including phenoxy) is 1. The SMILES string of the molecule is CCOC(=O)N1C(C)CC(NCCNC(=O)c2ccc(Cl)cc2)CC1CC. The largest absolute Gasteiger partial charge is 0.450 e. The van der Waals surface area contributed by atoms with Gasteiger partial charge in [0, 0.05) is 41.8 Å². The van der Waals surface area contributed by atoms with Gasteiger partial charge in [-0.2, -0.15) is 0 Å². The molecule has 1 heterocycles. The van der Waals surface area contributed by atoms with Crippen molar-refractivity contribution < 1.29 is 14.3 Å². The van der Waals surface area contributed by atoms with Crippen molar-refractivity contribution in [1.29, 1.82) is 0 Å². The quantitative estimate of drug-likeness (QED) is 0.694. The summed E-state index contributed by atoms with van der Waals surface area (Å²) in [5.41, 5.74) is 0.599. The van der Waals surface area contributed by atoms with Crippen LogP contribution in [0.3, 0.4) is 0 Å². The molecule has 0 aromatic heterocycles. The van der Waals surface area contributed by atoms with E-state index < -0.39 is 0 Å². The number of nitrogens with one attached hydrogen (secondary N) is 2. The minimum absolute atomic E-state index is 0.106. The summed E-state index contributed by atoms with van der Waals surface area (Å²) in [6, 6.07) is 7.46. The molecule has 0 aliphatic carbocycles. The van der Waals surface area contributed by atoms with Gasteiger partial charge in [-0.25, -0.2) is 4.79 Å². The predicted molar refractivity (Wildman–Crippen MR) is 107 cm³/mol. The standard InChI is InChI=1S/C20H30ClN3O3/c1-4-18-13-17(12-14(3)24(18)20(26)27-5-2)22-10-11-23-19(25)15-6-8-16(21)9-7-15/h6-9,14,17-18,22H,4-5,10-13H2,1-3H3,(H,23,25). The third kappa shape index (κ3) is 6.11. The Hall–Kier alpha value is -1.79. The van der Waals surface area contributed by atoms with Crippen molar-refractivity contribution in [3.05, 3.63) is 34.9 Å². The lowest BCUT2D eigenvalue weighted by Gasteiger charge is -2.43. The number of hydrogen-bond donors (Lipinski definition) is 2. The van der Waals surface area contributed by atoms with Crippen molar-refractivity contribution in [3.63, 3.8) is 0 Å². The molecule has 6 nitrogen and oxygen atoms in total. The van der Waals surface area contributed by atoms with E-state index in [9.17, 15) is 9.59 Å². The lowest BCUT2D eigenvalue weighted by Crippen LogP contribution is -2.55. The molecule has 3 atom stereocenters. The minimum atomic E-state index is -0.217. The Morgan fingerprint density at radius 3 is 2.52 bits per heavy atom. The molecule has 0 saturated carbocycles. The second-order valence-electron chi connectivity index (χ2n) is 6.90. The molecule has 2 amide bonds. The lowest BCUT2D eigenvalue weighted by atomic mass is 9.91. The Labute approximate surface area is 166 Å². The van der Waals surface area contributed by atoms with E-state index >= 15 is 0 Å². The lowest BCUT2D eigenvalue weighted by molar-refractivity contribution is 0.0432. The van der Waals surface area contributed by atoms with Gasteiger partial charge in [-0.05, 0) is 57.4 Å². The second-order valence-corrected chi connectivity index (χ2v) is 7.34. The van der Waals surface area contributed by atoms with Gasteiger partial charge in [0.2, 0.25) is 0 Å². The molecule has 1 saturated heterocycles. The molecule has 0 radical (unpaired) electrons. The van der Waals surface area contributed by atoms with E-state index in [1.807, 2.05) is 11.8 Å². The number of likely N-dealkylation sites (tertiary alicyclic amines) is 1. The number of hydrogen-bond acceptors (Lipinski definition) is 4. The van der Waals surface area contributed by atoms with Crippen molar-refractivity contribution in [2.75, 3.05) is 19.7 Å². The Balaban J connectivity index is 1.77. The van der Waals surface area contributed by atoms with Crippen LogP contribution in [0.1, 0.15) is 50.4 Å². The average Bonchev–Trinajstić information content (AvgIpc) is 2.65. The molecule has 2 rings (SSSR count). The summed E-state index contributed by atoms with van der Waals surface area (Å²) in [5.74, 6) is -0.106. The van der Waals surface area contributed by atoms with Gasteiger partial charge < -0.3 is 20.3 Å². The summed E-state index contributed by atoms with van der Waals surface area (Å²) in [6.45, 7) is 7.62. The van der Waals surface area contributed by atoms with Gasteiger partial charge in [-0.15, -0.1) is 0 Å². The summed E-state index contributed by atoms with van der Waals surface area (Å²) < 4.78 is 5.20. The van der Waals surface area contributed by atoms with Gasteiger partial charge in [0.25, 0.3) is 5.91 Å². The third-order valence-electron chi connectivity index (χ3n) is 4.95. The Bertz CT molecular complexity index is 623. The van der Waals surface area contributed by atoms with E-state index in [4.69, 9.17) is 16.3 Å². The zero-order valence-electron chi connectivity index (χ0n) is 16.3. The highest BCUT2D eigenvalue weighted by Gasteiger charge is 2.35. The normalized spacial score (nSPS) is 22.4. The number of benzene rings is 1. The zero-order valence-corrected chi connectivity index (χ0v) is 17.1. The van der Waals surface area contributed by atoms with Gasteiger partial charge in [0.1, 0.15) is 0 Å². The molecule has 1 aliphatic heterocycles. The number of halogens is 1. The number of rotatable bonds is 7. The molecule has 3 unspecified atom stereocenters. The molecule has 0 spiro atoms. The maximum atomic E-state index is 12.2. The first-order valence-electron chi connectivity index (χ1n) is 9.68. The average molecular weight is 396 g/mol. The van der Waals surface area contributed by atoms with E-state index in [0.29, 0.717) is 36.3 Å². The molecule has 0 bridgehead atoms. The summed E-state index contributed by atoms with van der Waals surface area (Å²) in [6.07, 6.45) is 2.45. The first-order chi connectivity index (χ1) is 13.0. The van der Waals surface area contributed by atoms with Crippen molar-refractivity contribution >= 4 is 23.6 Å². The molecule has 150 valence electrons. The van der Waals surface area contributed by atoms with Crippen LogP contribution in [0.25, 0.3) is 0 Å². The molecule has 1 fully saturated rings. The Morgan fingerprint density at radius 1 is 1.19 bits per heavy atom. The van der Waals surface area contributed by atoms with Gasteiger partial charge in [0.05, 0.1) is 6.61 Å². The highest BCUT2D eigenvalue weighted by Crippen LogP contribution is 2.26. The number of carbonyl (C=O) groups excluding carboxylic acids is 2. The van der Waals surface area contributed by atoms with Gasteiger partial charge >= 0.3 is 6.09 Å². The third-order valence-corrected chi connectivity index (χ3v) is 5.20. The van der Waals surface area contributed by atoms with E-state index in [1.54, 1.807) is 24.3 Å². The molecule has 7 heteroatoms. The highest BCUT2D eigenvalue weighted by molar-refractivity contribution is 6.30. The van der Waals surface area contributed by atoms with Gasteiger partial charge in [-0.3, -0.25) is 4.79 Å².